The van der Waals surface area contributed by atoms with Crippen LogP contribution < -0.4 is 5.32 Å². The van der Waals surface area contributed by atoms with E-state index in [-0.39, 0.29) is 0 Å². The summed E-state index contributed by atoms with van der Waals surface area (Å²) >= 11 is 0. The molecule has 0 spiro atoms. The number of aryl methyl sites for hydroxylation is 3. The smallest absolute Gasteiger partial charge is 0.254 e. The molecule has 0 amide bonds. The molecule has 1 unspecified atom stereocenters. The molecule has 1 aliphatic heterocycles. The summed E-state index contributed by atoms with van der Waals surface area (Å²) in [5, 5.41) is 3.70. The summed E-state index contributed by atoms with van der Waals surface area (Å²) in [5.41, 5.74) is 6.85. The van der Waals surface area contributed by atoms with Gasteiger partial charge in [-0.25, -0.2) is 4.99 Å². The normalized spacial score (nSPS) is 18.2. The zero-order valence-electron chi connectivity index (χ0n) is 21.8. The van der Waals surface area contributed by atoms with Gasteiger partial charge in [0.25, 0.3) is 5.90 Å². The van der Waals surface area contributed by atoms with Gasteiger partial charge in [0.1, 0.15) is 5.76 Å². The van der Waals surface area contributed by atoms with Crippen LogP contribution in [0.5, 0.6) is 0 Å². The molecule has 186 valence electrons. The molecular weight excluding hydrogens is 456 g/mol. The molecular formula is C33H32N2O2. The molecule has 1 N–H and O–H groups in total. The number of nitrogens with one attached hydrogen (secondary N) is 1. The van der Waals surface area contributed by atoms with Gasteiger partial charge in [0.15, 0.2) is 0 Å². The minimum Gasteiger partial charge on any atom is -0.437 e. The summed E-state index contributed by atoms with van der Waals surface area (Å²) in [6.07, 6.45) is 0. The van der Waals surface area contributed by atoms with Gasteiger partial charge in [-0.1, -0.05) is 96.6 Å². The van der Waals surface area contributed by atoms with Crippen molar-refractivity contribution in [2.24, 2.45) is 4.99 Å². The Hall–Kier alpha value is -4.15. The second-order valence-corrected chi connectivity index (χ2v) is 9.30. The van der Waals surface area contributed by atoms with Gasteiger partial charge in [-0.15, -0.1) is 0 Å². The van der Waals surface area contributed by atoms with E-state index >= 15 is 0 Å². The molecule has 0 radical (unpaired) electrons. The zero-order chi connectivity index (χ0) is 25.8. The maximum atomic E-state index is 6.74. The van der Waals surface area contributed by atoms with Crippen LogP contribution in [0.2, 0.25) is 0 Å². The molecule has 4 nitrogen and oxygen atoms in total. The van der Waals surface area contributed by atoms with Crippen molar-refractivity contribution in [2.75, 3.05) is 11.9 Å². The van der Waals surface area contributed by atoms with E-state index in [1.807, 2.05) is 49.4 Å². The molecule has 0 saturated carbocycles. The van der Waals surface area contributed by atoms with Crippen LogP contribution in [0.4, 0.5) is 11.4 Å². The number of para-hydroxylation sites is 1. The number of aliphatic imine (C=N–C) groups is 1. The summed E-state index contributed by atoms with van der Waals surface area (Å²) in [7, 11) is 0. The highest BCUT2D eigenvalue weighted by molar-refractivity contribution is 6.16. The fourth-order valence-electron chi connectivity index (χ4n) is 4.75. The number of benzene rings is 4. The lowest BCUT2D eigenvalue weighted by Crippen LogP contribution is -2.48. The third-order valence-electron chi connectivity index (χ3n) is 6.56. The number of hydrogen-bond acceptors (Lipinski definition) is 4. The Morgan fingerprint density at radius 3 is 1.92 bits per heavy atom. The Balaban J connectivity index is 1.81. The summed E-state index contributed by atoms with van der Waals surface area (Å²) in [5.74, 6) is 1.19. The molecule has 0 bridgehead atoms. The van der Waals surface area contributed by atoms with Crippen molar-refractivity contribution in [3.8, 4) is 0 Å². The van der Waals surface area contributed by atoms with E-state index in [0.717, 1.165) is 45.0 Å². The highest BCUT2D eigenvalue weighted by Gasteiger charge is 2.52. The van der Waals surface area contributed by atoms with E-state index in [1.54, 1.807) is 0 Å². The van der Waals surface area contributed by atoms with Crippen LogP contribution in [-0.2, 0) is 9.47 Å². The molecule has 4 heteroatoms. The monoisotopic (exact) mass is 488 g/mol. The maximum Gasteiger partial charge on any atom is 0.254 e. The van der Waals surface area contributed by atoms with E-state index in [1.165, 1.54) is 5.56 Å². The number of anilines is 1. The van der Waals surface area contributed by atoms with Crippen LogP contribution in [0.25, 0.3) is 11.3 Å². The van der Waals surface area contributed by atoms with Crippen molar-refractivity contribution in [3.05, 3.63) is 131 Å². The van der Waals surface area contributed by atoms with Crippen molar-refractivity contribution in [1.82, 2.24) is 0 Å². The van der Waals surface area contributed by atoms with Gasteiger partial charge in [-0.3, -0.25) is 0 Å². The van der Waals surface area contributed by atoms with Crippen LogP contribution >= 0.6 is 0 Å². The fourth-order valence-corrected chi connectivity index (χ4v) is 4.75. The van der Waals surface area contributed by atoms with E-state index in [9.17, 15) is 0 Å². The topological polar surface area (TPSA) is 42.8 Å². The zero-order valence-corrected chi connectivity index (χ0v) is 21.8. The van der Waals surface area contributed by atoms with Crippen molar-refractivity contribution >= 4 is 28.6 Å². The van der Waals surface area contributed by atoms with E-state index in [2.05, 4.69) is 86.8 Å². The minimum absolute atomic E-state index is 0.451. The molecule has 0 aromatic heterocycles. The average Bonchev–Trinajstić information content (AvgIpc) is 3.22. The number of ether oxygens (including phenoxy) is 2. The maximum absolute atomic E-state index is 6.74. The Morgan fingerprint density at radius 2 is 1.32 bits per heavy atom. The first-order valence-electron chi connectivity index (χ1n) is 12.7. The first-order valence-corrected chi connectivity index (χ1v) is 12.7. The summed E-state index contributed by atoms with van der Waals surface area (Å²) in [6.45, 7) is 8.67. The minimum atomic E-state index is -1.15. The Labute approximate surface area is 219 Å². The molecule has 1 heterocycles. The highest BCUT2D eigenvalue weighted by atomic mass is 16.6. The predicted molar refractivity (Wildman–Crippen MR) is 153 cm³/mol. The Bertz CT molecular complexity index is 1420. The molecule has 1 aliphatic rings. The van der Waals surface area contributed by atoms with Crippen molar-refractivity contribution < 1.29 is 9.47 Å². The third-order valence-corrected chi connectivity index (χ3v) is 6.56. The first-order chi connectivity index (χ1) is 18.0. The quantitative estimate of drug-likeness (QED) is 0.267. The lowest BCUT2D eigenvalue weighted by molar-refractivity contribution is 0.0738. The van der Waals surface area contributed by atoms with Gasteiger partial charge in [0.05, 0.1) is 11.3 Å². The summed E-state index contributed by atoms with van der Waals surface area (Å²) in [6, 6.07) is 34.9. The standard InChI is InChI=1S/C33H32N2O2/c1-5-36-33(35-28-21-19-23(2)20-22-28)29(26-15-8-6-9-16-26)31(27-17-10-7-11-18-27)37-32(33)34-30-24(3)13-12-14-25(30)4/h6-22,35H,5H2,1-4H3. The second-order valence-electron chi connectivity index (χ2n) is 9.30. The van der Waals surface area contributed by atoms with Crippen LogP contribution in [0, 0.1) is 20.8 Å². The van der Waals surface area contributed by atoms with E-state index in [0.29, 0.717) is 12.5 Å². The predicted octanol–water partition coefficient (Wildman–Crippen LogP) is 8.09. The molecule has 0 fully saturated rings. The van der Waals surface area contributed by atoms with Crippen LogP contribution in [0.1, 0.15) is 34.7 Å². The molecule has 37 heavy (non-hydrogen) atoms. The summed E-state index contributed by atoms with van der Waals surface area (Å²) < 4.78 is 13.4. The van der Waals surface area contributed by atoms with Crippen molar-refractivity contribution in [2.45, 2.75) is 33.4 Å². The van der Waals surface area contributed by atoms with Gasteiger partial charge < -0.3 is 14.8 Å². The number of nitrogens with zero attached hydrogens (tertiary/aromatic N) is 1. The van der Waals surface area contributed by atoms with Gasteiger partial charge >= 0.3 is 0 Å². The second kappa shape index (κ2) is 10.5. The SMILES string of the molecule is CCOC1(Nc2ccc(C)cc2)C(=Nc2c(C)cccc2C)OC(c2ccccc2)=C1c1ccccc1. The molecule has 0 saturated heterocycles. The fraction of sp³-hybridized carbons (Fsp3) is 0.182. The molecule has 4 aromatic rings. The molecule has 5 rings (SSSR count). The highest BCUT2D eigenvalue weighted by Crippen LogP contribution is 2.47. The van der Waals surface area contributed by atoms with Gasteiger partial charge in [-0.2, -0.15) is 0 Å². The largest absolute Gasteiger partial charge is 0.437 e. The molecule has 1 atom stereocenters. The van der Waals surface area contributed by atoms with E-state index in [4.69, 9.17) is 14.5 Å². The molecule has 0 aliphatic carbocycles. The summed E-state index contributed by atoms with van der Waals surface area (Å²) in [4.78, 5) is 5.16. The third kappa shape index (κ3) is 4.81. The lowest BCUT2D eigenvalue weighted by Gasteiger charge is -2.32. The van der Waals surface area contributed by atoms with Crippen LogP contribution in [-0.4, -0.2) is 18.2 Å². The lowest BCUT2D eigenvalue weighted by atomic mass is 9.92. The number of hydrogen-bond donors (Lipinski definition) is 1. The van der Waals surface area contributed by atoms with Crippen molar-refractivity contribution in [1.29, 1.82) is 0 Å². The first kappa shape index (κ1) is 24.5. The number of rotatable bonds is 7. The van der Waals surface area contributed by atoms with Gasteiger partial charge in [0.2, 0.25) is 5.72 Å². The van der Waals surface area contributed by atoms with Crippen LogP contribution in [0.3, 0.4) is 0 Å². The van der Waals surface area contributed by atoms with E-state index < -0.39 is 5.72 Å². The Morgan fingerprint density at radius 1 is 0.730 bits per heavy atom. The average molecular weight is 489 g/mol. The van der Waals surface area contributed by atoms with Crippen molar-refractivity contribution in [3.63, 3.8) is 0 Å². The van der Waals surface area contributed by atoms with Gasteiger partial charge in [-0.05, 0) is 56.5 Å². The van der Waals surface area contributed by atoms with Crippen LogP contribution in [0.15, 0.2) is 108 Å². The Kier molecular flexibility index (Phi) is 6.93. The molecule has 4 aromatic carbocycles. The van der Waals surface area contributed by atoms with Gasteiger partial charge in [0, 0.05) is 17.9 Å².